The smallest absolute Gasteiger partial charge is 0.324 e. The van der Waals surface area contributed by atoms with Crippen molar-refractivity contribution in [1.29, 1.82) is 0 Å². The quantitative estimate of drug-likeness (QED) is 0.801. The van der Waals surface area contributed by atoms with Crippen molar-refractivity contribution in [1.82, 2.24) is 0 Å². The van der Waals surface area contributed by atoms with E-state index in [1.54, 1.807) is 0 Å². The lowest BCUT2D eigenvalue weighted by Crippen LogP contribution is -2.14. The molecule has 0 saturated carbocycles. The number of halogens is 5. The van der Waals surface area contributed by atoms with Crippen molar-refractivity contribution in [3.05, 3.63) is 35.1 Å². The number of nitrogens with two attached hydrogens (primary N) is 1. The molecule has 0 aliphatic rings. The molecule has 0 aromatic heterocycles. The Kier molecular flexibility index (Phi) is 6.80. The summed E-state index contributed by atoms with van der Waals surface area (Å²) in [6.07, 6.45) is -3.18. The van der Waals surface area contributed by atoms with E-state index in [4.69, 9.17) is 5.73 Å². The fourth-order valence-electron chi connectivity index (χ4n) is 1.67. The Bertz CT molecular complexity index is 404. The predicted octanol–water partition coefficient (Wildman–Crippen LogP) is 4.70. The molecule has 1 aromatic carbocycles. The number of hydrogen-bond donors (Lipinski definition) is 1. The van der Waals surface area contributed by atoms with Crippen molar-refractivity contribution >= 4 is 12.4 Å². The SMILES string of the molecule is CC(C)CC[C@@H](N)c1ccc(C(F)(F)F)c(F)c1.Cl. The molecule has 1 nitrogen and oxygen atoms in total. The largest absolute Gasteiger partial charge is 0.419 e. The van der Waals surface area contributed by atoms with E-state index in [0.29, 0.717) is 17.9 Å². The highest BCUT2D eigenvalue weighted by atomic mass is 35.5. The normalized spacial score (nSPS) is 13.3. The molecule has 0 heterocycles. The van der Waals surface area contributed by atoms with Crippen LogP contribution in [0.4, 0.5) is 17.6 Å². The fourth-order valence-corrected chi connectivity index (χ4v) is 1.67. The number of alkyl halides is 3. The Hall–Kier alpha value is -0.810. The van der Waals surface area contributed by atoms with Crippen LogP contribution < -0.4 is 5.73 Å². The van der Waals surface area contributed by atoms with Crippen LogP contribution in [0.1, 0.15) is 43.9 Å². The summed E-state index contributed by atoms with van der Waals surface area (Å²) in [5, 5.41) is 0. The van der Waals surface area contributed by atoms with Gasteiger partial charge in [-0.2, -0.15) is 13.2 Å². The molecule has 110 valence electrons. The Morgan fingerprint density at radius 2 is 1.74 bits per heavy atom. The molecule has 0 aliphatic heterocycles. The van der Waals surface area contributed by atoms with Crippen molar-refractivity contribution in [2.75, 3.05) is 0 Å². The van der Waals surface area contributed by atoms with Crippen molar-refractivity contribution in [3.8, 4) is 0 Å². The first kappa shape index (κ1) is 18.2. The Morgan fingerprint density at radius 1 is 1.16 bits per heavy atom. The van der Waals surface area contributed by atoms with Crippen LogP contribution in [0, 0.1) is 11.7 Å². The topological polar surface area (TPSA) is 26.0 Å². The summed E-state index contributed by atoms with van der Waals surface area (Å²) in [6.45, 7) is 4.06. The maximum Gasteiger partial charge on any atom is 0.419 e. The van der Waals surface area contributed by atoms with Gasteiger partial charge >= 0.3 is 6.18 Å². The summed E-state index contributed by atoms with van der Waals surface area (Å²) in [6, 6.07) is 2.45. The fraction of sp³-hybridized carbons (Fsp3) is 0.538. The molecule has 0 spiro atoms. The van der Waals surface area contributed by atoms with Gasteiger partial charge in [-0.25, -0.2) is 4.39 Å². The summed E-state index contributed by atoms with van der Waals surface area (Å²) >= 11 is 0. The van der Waals surface area contributed by atoms with Gasteiger partial charge in [-0.15, -0.1) is 12.4 Å². The van der Waals surface area contributed by atoms with Crippen molar-refractivity contribution < 1.29 is 17.6 Å². The Labute approximate surface area is 116 Å². The monoisotopic (exact) mass is 299 g/mol. The van der Waals surface area contributed by atoms with E-state index in [2.05, 4.69) is 0 Å². The van der Waals surface area contributed by atoms with Gasteiger partial charge in [0, 0.05) is 6.04 Å². The van der Waals surface area contributed by atoms with Crippen LogP contribution in [0.5, 0.6) is 0 Å². The van der Waals surface area contributed by atoms with Crippen LogP contribution in [0.2, 0.25) is 0 Å². The maximum absolute atomic E-state index is 13.3. The van der Waals surface area contributed by atoms with Gasteiger partial charge in [0.15, 0.2) is 0 Å². The first-order valence-electron chi connectivity index (χ1n) is 5.84. The zero-order chi connectivity index (χ0) is 13.9. The average molecular weight is 300 g/mol. The Balaban J connectivity index is 0.00000324. The van der Waals surface area contributed by atoms with Gasteiger partial charge in [0.2, 0.25) is 0 Å². The highest BCUT2D eigenvalue weighted by Crippen LogP contribution is 2.32. The summed E-state index contributed by atoms with van der Waals surface area (Å²) in [5.41, 5.74) is 4.98. The van der Waals surface area contributed by atoms with Gasteiger partial charge < -0.3 is 5.73 Å². The summed E-state index contributed by atoms with van der Waals surface area (Å²) in [4.78, 5) is 0. The lowest BCUT2D eigenvalue weighted by molar-refractivity contribution is -0.140. The summed E-state index contributed by atoms with van der Waals surface area (Å²) in [5.74, 6) is -0.810. The minimum Gasteiger partial charge on any atom is -0.324 e. The highest BCUT2D eigenvalue weighted by molar-refractivity contribution is 5.85. The molecule has 0 bridgehead atoms. The van der Waals surface area contributed by atoms with Gasteiger partial charge in [-0.05, 0) is 36.5 Å². The molecule has 0 saturated heterocycles. The lowest BCUT2D eigenvalue weighted by Gasteiger charge is -2.15. The molecular formula is C13H18ClF4N. The van der Waals surface area contributed by atoms with Crippen molar-refractivity contribution in [2.45, 2.75) is 38.9 Å². The van der Waals surface area contributed by atoms with Gasteiger partial charge in [0.25, 0.3) is 0 Å². The third kappa shape index (κ3) is 5.37. The van der Waals surface area contributed by atoms with E-state index in [-0.39, 0.29) is 12.4 Å². The van der Waals surface area contributed by atoms with E-state index >= 15 is 0 Å². The van der Waals surface area contributed by atoms with E-state index in [0.717, 1.165) is 18.6 Å². The first-order valence-corrected chi connectivity index (χ1v) is 5.84. The summed E-state index contributed by atoms with van der Waals surface area (Å²) < 4.78 is 50.4. The molecule has 0 radical (unpaired) electrons. The molecular weight excluding hydrogens is 282 g/mol. The summed E-state index contributed by atoms with van der Waals surface area (Å²) in [7, 11) is 0. The van der Waals surface area contributed by atoms with Crippen molar-refractivity contribution in [2.24, 2.45) is 11.7 Å². The third-order valence-corrected chi connectivity index (χ3v) is 2.78. The lowest BCUT2D eigenvalue weighted by atomic mass is 9.97. The molecule has 0 amide bonds. The molecule has 1 aromatic rings. The number of benzene rings is 1. The molecule has 1 atom stereocenters. The molecule has 19 heavy (non-hydrogen) atoms. The van der Waals surface area contributed by atoms with Gasteiger partial charge in [0.1, 0.15) is 5.82 Å². The number of hydrogen-bond acceptors (Lipinski definition) is 1. The molecule has 1 rings (SSSR count). The van der Waals surface area contributed by atoms with E-state index in [1.165, 1.54) is 6.07 Å². The standard InChI is InChI=1S/C13H17F4N.ClH/c1-8(2)3-6-12(18)9-4-5-10(11(14)7-9)13(15,16)17;/h4-5,7-8,12H,3,6,18H2,1-2H3;1H/t12-;/m1./s1. The van der Waals surface area contributed by atoms with Crippen LogP contribution in [-0.2, 0) is 6.18 Å². The van der Waals surface area contributed by atoms with E-state index in [1.807, 2.05) is 13.8 Å². The van der Waals surface area contributed by atoms with Crippen LogP contribution in [-0.4, -0.2) is 0 Å². The van der Waals surface area contributed by atoms with Crippen LogP contribution >= 0.6 is 12.4 Å². The second-order valence-electron chi connectivity index (χ2n) is 4.81. The second-order valence-corrected chi connectivity index (χ2v) is 4.81. The van der Waals surface area contributed by atoms with Crippen LogP contribution in [0.15, 0.2) is 18.2 Å². The predicted molar refractivity (Wildman–Crippen MR) is 69.7 cm³/mol. The molecule has 0 fully saturated rings. The first-order chi connectivity index (χ1) is 8.21. The average Bonchev–Trinajstić information content (AvgIpc) is 2.23. The van der Waals surface area contributed by atoms with Crippen molar-refractivity contribution in [3.63, 3.8) is 0 Å². The molecule has 0 aliphatic carbocycles. The van der Waals surface area contributed by atoms with Crippen LogP contribution in [0.3, 0.4) is 0 Å². The molecule has 2 N–H and O–H groups in total. The van der Waals surface area contributed by atoms with E-state index in [9.17, 15) is 17.6 Å². The minimum atomic E-state index is -4.66. The minimum absolute atomic E-state index is 0. The zero-order valence-electron chi connectivity index (χ0n) is 10.8. The zero-order valence-corrected chi connectivity index (χ0v) is 11.6. The highest BCUT2D eigenvalue weighted by Gasteiger charge is 2.34. The second kappa shape index (κ2) is 7.10. The third-order valence-electron chi connectivity index (χ3n) is 2.78. The number of rotatable bonds is 4. The molecule has 0 unspecified atom stereocenters. The van der Waals surface area contributed by atoms with Crippen LogP contribution in [0.25, 0.3) is 0 Å². The Morgan fingerprint density at radius 3 is 2.16 bits per heavy atom. The van der Waals surface area contributed by atoms with Gasteiger partial charge in [-0.3, -0.25) is 0 Å². The maximum atomic E-state index is 13.3. The van der Waals surface area contributed by atoms with E-state index < -0.39 is 23.6 Å². The van der Waals surface area contributed by atoms with Gasteiger partial charge in [-0.1, -0.05) is 19.9 Å². The van der Waals surface area contributed by atoms with Gasteiger partial charge in [0.05, 0.1) is 5.56 Å². The molecule has 6 heteroatoms.